The molecule has 2 aliphatic rings. The molecular formula is C19H27N5O3. The Kier molecular flexibility index (Phi) is 5.29. The summed E-state index contributed by atoms with van der Waals surface area (Å²) < 4.78 is 5.90. The summed E-state index contributed by atoms with van der Waals surface area (Å²) in [5.74, 6) is 0.0251. The van der Waals surface area contributed by atoms with E-state index < -0.39 is 6.23 Å². The van der Waals surface area contributed by atoms with E-state index in [1.165, 1.54) is 0 Å². The van der Waals surface area contributed by atoms with Crippen LogP contribution in [0.4, 0.5) is 6.01 Å². The largest absolute Gasteiger partial charge is 0.423 e. The second kappa shape index (κ2) is 7.84. The Balaban J connectivity index is 1.43. The van der Waals surface area contributed by atoms with Gasteiger partial charge in [-0.1, -0.05) is 12.1 Å². The average Bonchev–Trinajstić information content (AvgIpc) is 3.27. The second-order valence-electron chi connectivity index (χ2n) is 7.49. The number of nitrogens with zero attached hydrogens (tertiary/aromatic N) is 3. The third kappa shape index (κ3) is 4.07. The third-order valence-corrected chi connectivity index (χ3v) is 5.40. The van der Waals surface area contributed by atoms with Crippen molar-refractivity contribution in [1.82, 2.24) is 15.2 Å². The Morgan fingerprint density at radius 3 is 3.00 bits per heavy atom. The number of para-hydroxylation sites is 2. The fourth-order valence-electron chi connectivity index (χ4n) is 4.09. The van der Waals surface area contributed by atoms with Crippen LogP contribution in [-0.2, 0) is 4.79 Å². The highest BCUT2D eigenvalue weighted by atomic mass is 16.4. The number of hydrogen-bond acceptors (Lipinski definition) is 7. The van der Waals surface area contributed by atoms with Crippen LogP contribution in [0.2, 0.25) is 0 Å². The number of benzene rings is 1. The van der Waals surface area contributed by atoms with Gasteiger partial charge in [0.2, 0.25) is 5.91 Å². The molecule has 0 aliphatic carbocycles. The minimum atomic E-state index is -0.840. The van der Waals surface area contributed by atoms with Gasteiger partial charge in [0.05, 0.1) is 0 Å². The fourth-order valence-corrected chi connectivity index (χ4v) is 4.09. The number of carbonyl (C=O) groups is 1. The van der Waals surface area contributed by atoms with Crippen LogP contribution in [0.25, 0.3) is 11.1 Å². The molecule has 4 N–H and O–H groups in total. The van der Waals surface area contributed by atoms with Crippen LogP contribution in [0.15, 0.2) is 28.7 Å². The lowest BCUT2D eigenvalue weighted by Crippen LogP contribution is -2.52. The number of aliphatic hydroxyl groups is 1. The highest BCUT2D eigenvalue weighted by molar-refractivity contribution is 5.85. The number of anilines is 1. The van der Waals surface area contributed by atoms with Crippen LogP contribution >= 0.6 is 0 Å². The van der Waals surface area contributed by atoms with Gasteiger partial charge in [-0.25, -0.2) is 0 Å². The van der Waals surface area contributed by atoms with Gasteiger partial charge >= 0.3 is 0 Å². The lowest BCUT2D eigenvalue weighted by molar-refractivity contribution is -0.123. The molecule has 2 aliphatic heterocycles. The van der Waals surface area contributed by atoms with Gasteiger partial charge in [0, 0.05) is 32.2 Å². The zero-order valence-electron chi connectivity index (χ0n) is 15.4. The summed E-state index contributed by atoms with van der Waals surface area (Å²) in [5.41, 5.74) is 7.00. The summed E-state index contributed by atoms with van der Waals surface area (Å²) >= 11 is 0. The molecule has 1 unspecified atom stereocenters. The smallest absolute Gasteiger partial charge is 0.299 e. The monoisotopic (exact) mass is 373 g/mol. The third-order valence-electron chi connectivity index (χ3n) is 5.40. The lowest BCUT2D eigenvalue weighted by atomic mass is 10.0. The van der Waals surface area contributed by atoms with Crippen molar-refractivity contribution < 1.29 is 14.3 Å². The van der Waals surface area contributed by atoms with Crippen molar-refractivity contribution in [3.05, 3.63) is 24.3 Å². The fraction of sp³-hybridized carbons (Fsp3) is 0.579. The molecule has 1 amide bonds. The van der Waals surface area contributed by atoms with Crippen LogP contribution in [-0.4, -0.2) is 65.4 Å². The zero-order chi connectivity index (χ0) is 18.8. The number of nitrogens with two attached hydrogens (primary N) is 1. The van der Waals surface area contributed by atoms with E-state index in [9.17, 15) is 9.90 Å². The predicted molar refractivity (Wildman–Crippen MR) is 102 cm³/mol. The average molecular weight is 373 g/mol. The molecule has 3 atom stereocenters. The Hall–Kier alpha value is -2.16. The first-order chi connectivity index (χ1) is 13.1. The molecule has 0 saturated carbocycles. The number of hydrogen-bond donors (Lipinski definition) is 3. The maximum Gasteiger partial charge on any atom is 0.299 e. The Morgan fingerprint density at radius 2 is 2.19 bits per heavy atom. The maximum absolute atomic E-state index is 13.0. The van der Waals surface area contributed by atoms with Crippen LogP contribution in [0.3, 0.4) is 0 Å². The summed E-state index contributed by atoms with van der Waals surface area (Å²) in [6, 6.07) is 8.01. The highest BCUT2D eigenvalue weighted by Gasteiger charge is 2.34. The Bertz CT molecular complexity index is 759. The molecule has 1 aromatic heterocycles. The van der Waals surface area contributed by atoms with Crippen molar-refractivity contribution in [2.24, 2.45) is 5.73 Å². The molecule has 0 spiro atoms. The van der Waals surface area contributed by atoms with Gasteiger partial charge in [-0.05, 0) is 37.8 Å². The number of β-amino-alcohol motifs (C(OH)–C–C–N with tert-alkyl or cyclic N) is 1. The van der Waals surface area contributed by atoms with Crippen molar-refractivity contribution in [2.75, 3.05) is 31.1 Å². The van der Waals surface area contributed by atoms with E-state index in [4.69, 9.17) is 10.2 Å². The molecule has 8 heteroatoms. The SMILES string of the molecule is NC(O)CN1CC[C@H](NC(=O)[C@@H]2CCCCN2c2nc3ccccc3o2)C1. The molecule has 146 valence electrons. The van der Waals surface area contributed by atoms with E-state index in [-0.39, 0.29) is 18.0 Å². The molecule has 2 fully saturated rings. The van der Waals surface area contributed by atoms with Gasteiger partial charge in [-0.3, -0.25) is 9.69 Å². The van der Waals surface area contributed by atoms with Crippen molar-refractivity contribution in [1.29, 1.82) is 0 Å². The number of carbonyl (C=O) groups excluding carboxylic acids is 1. The van der Waals surface area contributed by atoms with Crippen molar-refractivity contribution >= 4 is 23.0 Å². The van der Waals surface area contributed by atoms with Crippen molar-refractivity contribution in [3.8, 4) is 0 Å². The maximum atomic E-state index is 13.0. The summed E-state index contributed by atoms with van der Waals surface area (Å²) in [6.07, 6.45) is 2.86. The van der Waals surface area contributed by atoms with Crippen molar-refractivity contribution in [2.45, 2.75) is 44.0 Å². The zero-order valence-corrected chi connectivity index (χ0v) is 15.4. The normalized spacial score (nSPS) is 25.0. The number of aliphatic hydroxyl groups excluding tert-OH is 1. The van der Waals surface area contributed by atoms with Gasteiger partial charge in [0.15, 0.2) is 5.58 Å². The van der Waals surface area contributed by atoms with Crippen molar-refractivity contribution in [3.63, 3.8) is 0 Å². The van der Waals surface area contributed by atoms with Crippen LogP contribution in [0.5, 0.6) is 0 Å². The number of aromatic nitrogens is 1. The Morgan fingerprint density at radius 1 is 1.33 bits per heavy atom. The second-order valence-corrected chi connectivity index (χ2v) is 7.49. The van der Waals surface area contributed by atoms with Gasteiger partial charge in [-0.15, -0.1) is 0 Å². The molecule has 0 radical (unpaired) electrons. The first-order valence-electron chi connectivity index (χ1n) is 9.69. The molecule has 3 heterocycles. The van der Waals surface area contributed by atoms with Gasteiger partial charge < -0.3 is 25.5 Å². The molecule has 2 saturated heterocycles. The number of rotatable bonds is 5. The van der Waals surface area contributed by atoms with Gasteiger partial charge in [0.1, 0.15) is 17.8 Å². The molecule has 4 rings (SSSR count). The number of nitrogens with one attached hydrogen (secondary N) is 1. The quantitative estimate of drug-likeness (QED) is 0.661. The first kappa shape index (κ1) is 18.2. The van der Waals surface area contributed by atoms with Gasteiger partial charge in [0.25, 0.3) is 6.01 Å². The molecule has 27 heavy (non-hydrogen) atoms. The summed E-state index contributed by atoms with van der Waals surface area (Å²) in [5, 5.41) is 12.5. The standard InChI is InChI=1S/C19H27N5O3/c20-17(25)12-23-10-8-13(11-23)21-18(26)15-6-3-4-9-24(15)19-22-14-5-1-2-7-16(14)27-19/h1-2,5,7,13,15,17,25H,3-4,6,8-12,20H2,(H,21,26)/t13-,15-,17?/m0/s1. The number of amides is 1. The van der Waals surface area contributed by atoms with E-state index in [2.05, 4.69) is 15.2 Å². The molecule has 1 aromatic carbocycles. The van der Waals surface area contributed by atoms with E-state index in [1.807, 2.05) is 29.2 Å². The first-order valence-corrected chi connectivity index (χ1v) is 9.69. The lowest BCUT2D eigenvalue weighted by Gasteiger charge is -2.34. The highest BCUT2D eigenvalue weighted by Crippen LogP contribution is 2.28. The van der Waals surface area contributed by atoms with E-state index >= 15 is 0 Å². The van der Waals surface area contributed by atoms with E-state index in [0.717, 1.165) is 56.4 Å². The topological polar surface area (TPSA) is 108 Å². The number of piperidine rings is 1. The van der Waals surface area contributed by atoms with E-state index in [1.54, 1.807) is 0 Å². The molecule has 8 nitrogen and oxygen atoms in total. The van der Waals surface area contributed by atoms with Crippen LogP contribution in [0.1, 0.15) is 25.7 Å². The molecule has 0 bridgehead atoms. The number of fused-ring (bicyclic) bond motifs is 1. The predicted octanol–water partition coefficient (Wildman–Crippen LogP) is 0.654. The minimum absolute atomic E-state index is 0.0251. The summed E-state index contributed by atoms with van der Waals surface area (Å²) in [6.45, 7) is 2.75. The van der Waals surface area contributed by atoms with Gasteiger partial charge in [-0.2, -0.15) is 4.98 Å². The van der Waals surface area contributed by atoms with Crippen LogP contribution < -0.4 is 16.0 Å². The molecular weight excluding hydrogens is 346 g/mol. The van der Waals surface area contributed by atoms with Crippen LogP contribution in [0, 0.1) is 0 Å². The molecule has 2 aromatic rings. The Labute approximate surface area is 158 Å². The summed E-state index contributed by atoms with van der Waals surface area (Å²) in [4.78, 5) is 21.6. The number of likely N-dealkylation sites (tertiary alicyclic amines) is 1. The van der Waals surface area contributed by atoms with E-state index in [0.29, 0.717) is 12.6 Å². The number of oxazole rings is 1. The minimum Gasteiger partial charge on any atom is -0.423 e. The summed E-state index contributed by atoms with van der Waals surface area (Å²) in [7, 11) is 0.